The van der Waals surface area contributed by atoms with Gasteiger partial charge < -0.3 is 4.74 Å². The monoisotopic (exact) mass is 496 g/mol. The Balaban J connectivity index is 1.94. The lowest BCUT2D eigenvalue weighted by molar-refractivity contribution is 0.0515. The van der Waals surface area contributed by atoms with Crippen LogP contribution in [-0.2, 0) is 17.4 Å². The first-order valence-electron chi connectivity index (χ1n) is 11.6. The number of hydrogen-bond donors (Lipinski definition) is 0. The van der Waals surface area contributed by atoms with Crippen LogP contribution in [0.4, 0.5) is 0 Å². The van der Waals surface area contributed by atoms with Crippen LogP contribution in [0, 0.1) is 11.3 Å². The van der Waals surface area contributed by atoms with Gasteiger partial charge in [-0.1, -0.05) is 55.5 Å². The number of rotatable bonds is 6. The second-order valence-corrected chi connectivity index (χ2v) is 9.84. The highest BCUT2D eigenvalue weighted by molar-refractivity contribution is 7.27. The summed E-state index contributed by atoms with van der Waals surface area (Å²) in [4.78, 5) is 32.1. The van der Waals surface area contributed by atoms with Crippen molar-refractivity contribution >= 4 is 22.3 Å². The number of hydrogen-bond acceptors (Lipinski definition) is 4. The molecule has 0 fully saturated rings. The van der Waals surface area contributed by atoms with E-state index in [2.05, 4.69) is 11.1 Å². The number of aromatic nitrogens is 1. The van der Waals surface area contributed by atoms with E-state index in [1.54, 1.807) is 41.8 Å². The third kappa shape index (κ3) is 4.77. The molecule has 180 valence electrons. The van der Waals surface area contributed by atoms with Gasteiger partial charge in [-0.15, -0.1) is 4.99 Å². The molecule has 1 atom stereocenters. The van der Waals surface area contributed by atoms with Gasteiger partial charge in [-0.25, -0.2) is 9.36 Å². The first-order valence-corrected chi connectivity index (χ1v) is 13.3. The van der Waals surface area contributed by atoms with Crippen molar-refractivity contribution in [1.29, 1.82) is 5.26 Å². The van der Waals surface area contributed by atoms with E-state index in [-0.39, 0.29) is 12.5 Å². The second-order valence-electron chi connectivity index (χ2n) is 7.96. The Kier molecular flexibility index (Phi) is 7.57. The summed E-state index contributed by atoms with van der Waals surface area (Å²) in [5.74, 6) is -0.806. The molecule has 1 aromatic heterocycles. The Hall–Kier alpha value is -4.28. The molecule has 0 spiro atoms. The first kappa shape index (κ1) is 24.8. The van der Waals surface area contributed by atoms with Crippen LogP contribution in [0.15, 0.2) is 83.9 Å². The third-order valence-corrected chi connectivity index (χ3v) is 7.86. The van der Waals surface area contributed by atoms with Gasteiger partial charge in [0, 0.05) is 22.5 Å². The summed E-state index contributed by atoms with van der Waals surface area (Å²) >= 11 is 0. The molecule has 0 saturated heterocycles. The number of esters is 1. The summed E-state index contributed by atoms with van der Waals surface area (Å²) in [5, 5.41) is 9.49. The normalized spacial score (nSPS) is 11.7. The average Bonchev–Trinajstić information content (AvgIpc) is 3.20. The van der Waals surface area contributed by atoms with Gasteiger partial charge in [0.25, 0.3) is 5.91 Å². The number of ether oxygens (including phenoxy) is 1. The number of carbonyl (C=O) groups is 2. The van der Waals surface area contributed by atoms with Crippen LogP contribution in [0.25, 0.3) is 16.8 Å². The van der Waals surface area contributed by atoms with Gasteiger partial charge in [-0.05, 0) is 48.4 Å². The number of nitrogens with zero attached hydrogens (tertiary/aromatic N) is 3. The Morgan fingerprint density at radius 1 is 0.972 bits per heavy atom. The molecule has 1 amide bonds. The number of thiazole rings is 1. The maximum atomic E-state index is 13.1. The standard InChI is InChI=1S/C29H26N3O3S/c1-4-25-26(28(34)35-5-2)32(29(36(25)3)31-27(33)21-11-7-6-8-12-21)23-17-15-20(16-18-23)24-14-10-9-13-22(24)19-30/h6-18H,4-5H2,1-3H3/q+1. The lowest BCUT2D eigenvalue weighted by Crippen LogP contribution is -2.22. The number of benzene rings is 3. The van der Waals surface area contributed by atoms with Crippen LogP contribution in [-0.4, -0.2) is 23.1 Å². The minimum atomic E-state index is -0.583. The molecule has 0 radical (unpaired) electrons. The molecule has 4 aromatic rings. The van der Waals surface area contributed by atoms with Gasteiger partial charge in [0.15, 0.2) is 10.6 Å². The quantitative estimate of drug-likeness (QED) is 0.250. The molecular formula is C29H26N3O3S+. The minimum absolute atomic E-state index is 0.240. The third-order valence-electron chi connectivity index (χ3n) is 5.81. The number of carbonyl (C=O) groups excluding carboxylic acids is 2. The van der Waals surface area contributed by atoms with Gasteiger partial charge in [-0.2, -0.15) is 5.26 Å². The highest BCUT2D eigenvalue weighted by Crippen LogP contribution is 2.29. The zero-order chi connectivity index (χ0) is 25.7. The smallest absolute Gasteiger partial charge is 0.360 e. The van der Waals surface area contributed by atoms with Gasteiger partial charge in [-0.3, -0.25) is 4.79 Å². The van der Waals surface area contributed by atoms with Crippen molar-refractivity contribution in [3.8, 4) is 22.9 Å². The van der Waals surface area contributed by atoms with Crippen molar-refractivity contribution in [2.45, 2.75) is 20.3 Å². The Bertz CT molecular complexity index is 1520. The molecule has 4 rings (SSSR count). The lowest BCUT2D eigenvalue weighted by Gasteiger charge is -2.09. The summed E-state index contributed by atoms with van der Waals surface area (Å²) in [6, 6.07) is 26.1. The van der Waals surface area contributed by atoms with Gasteiger partial charge in [0.05, 0.1) is 23.9 Å². The van der Waals surface area contributed by atoms with E-state index in [1.165, 1.54) is 0 Å². The van der Waals surface area contributed by atoms with E-state index >= 15 is 0 Å². The van der Waals surface area contributed by atoms with E-state index in [0.717, 1.165) is 16.0 Å². The van der Waals surface area contributed by atoms with Crippen LogP contribution < -0.4 is 4.80 Å². The van der Waals surface area contributed by atoms with Crippen LogP contribution in [0.3, 0.4) is 0 Å². The highest BCUT2D eigenvalue weighted by atomic mass is 32.2. The Labute approximate surface area is 212 Å². The molecule has 0 aliphatic heterocycles. The Morgan fingerprint density at radius 3 is 2.28 bits per heavy atom. The number of amides is 1. The minimum Gasteiger partial charge on any atom is -0.461 e. The largest absolute Gasteiger partial charge is 0.461 e. The first-order chi connectivity index (χ1) is 17.5. The summed E-state index contributed by atoms with van der Waals surface area (Å²) in [7, 11) is -0.583. The summed E-state index contributed by atoms with van der Waals surface area (Å²) in [6.45, 7) is 3.99. The van der Waals surface area contributed by atoms with Crippen molar-refractivity contribution in [3.05, 3.63) is 105 Å². The molecule has 36 heavy (non-hydrogen) atoms. The molecule has 0 aliphatic rings. The second kappa shape index (κ2) is 11.0. The van der Waals surface area contributed by atoms with Crippen LogP contribution >= 0.6 is 10.5 Å². The fourth-order valence-electron chi connectivity index (χ4n) is 4.11. The zero-order valence-corrected chi connectivity index (χ0v) is 21.2. The zero-order valence-electron chi connectivity index (χ0n) is 20.4. The van der Waals surface area contributed by atoms with E-state index in [9.17, 15) is 14.9 Å². The summed E-state index contributed by atoms with van der Waals surface area (Å²) in [6.07, 6.45) is 2.60. The van der Waals surface area contributed by atoms with E-state index in [0.29, 0.717) is 33.7 Å². The summed E-state index contributed by atoms with van der Waals surface area (Å²) in [5.41, 5.74) is 3.87. The van der Waals surface area contributed by atoms with Crippen molar-refractivity contribution in [2.75, 3.05) is 6.61 Å². The van der Waals surface area contributed by atoms with Crippen molar-refractivity contribution < 1.29 is 14.3 Å². The van der Waals surface area contributed by atoms with Crippen molar-refractivity contribution in [3.63, 3.8) is 0 Å². The SMILES string of the molecule is CCOC(=O)c1c(CC)[s+](C)c(=NC(=O)c2ccccc2)n1-c1ccc(-c2ccccc2C#N)cc1. The molecule has 3 aromatic carbocycles. The molecule has 0 N–H and O–H groups in total. The predicted octanol–water partition coefficient (Wildman–Crippen LogP) is 5.78. The Morgan fingerprint density at radius 2 is 1.64 bits per heavy atom. The molecular weight excluding hydrogens is 470 g/mol. The molecule has 0 saturated carbocycles. The summed E-state index contributed by atoms with van der Waals surface area (Å²) < 4.78 is 7.16. The van der Waals surface area contributed by atoms with Crippen LogP contribution in [0.5, 0.6) is 0 Å². The van der Waals surface area contributed by atoms with Crippen molar-refractivity contribution in [2.24, 2.45) is 11.2 Å². The molecule has 0 aliphatic carbocycles. The molecule has 1 unspecified atom stereocenters. The highest BCUT2D eigenvalue weighted by Gasteiger charge is 2.32. The average molecular weight is 497 g/mol. The van der Waals surface area contributed by atoms with Crippen molar-refractivity contribution in [1.82, 2.24) is 4.57 Å². The molecule has 1 heterocycles. The maximum absolute atomic E-state index is 13.1. The molecule has 7 heteroatoms. The topological polar surface area (TPSA) is 84.4 Å². The fourth-order valence-corrected chi connectivity index (χ4v) is 5.92. The fraction of sp³-hybridized carbons (Fsp3) is 0.172. The van der Waals surface area contributed by atoms with Gasteiger partial charge in [0.1, 0.15) is 6.26 Å². The maximum Gasteiger partial charge on any atom is 0.360 e. The lowest BCUT2D eigenvalue weighted by atomic mass is 10.0. The predicted molar refractivity (Wildman–Crippen MR) is 141 cm³/mol. The van der Waals surface area contributed by atoms with Gasteiger partial charge >= 0.3 is 10.8 Å². The van der Waals surface area contributed by atoms with E-state index < -0.39 is 16.4 Å². The van der Waals surface area contributed by atoms with E-state index in [1.807, 2.05) is 61.7 Å². The van der Waals surface area contributed by atoms with Crippen LogP contribution in [0.1, 0.15) is 45.1 Å². The van der Waals surface area contributed by atoms with Crippen LogP contribution in [0.2, 0.25) is 0 Å². The number of nitriles is 1. The molecule has 6 nitrogen and oxygen atoms in total. The van der Waals surface area contributed by atoms with Gasteiger partial charge in [0.2, 0.25) is 0 Å². The van der Waals surface area contributed by atoms with E-state index in [4.69, 9.17) is 4.74 Å². The molecule has 0 bridgehead atoms.